The minimum Gasteiger partial charge on any atom is -0.298 e. The third-order valence-corrected chi connectivity index (χ3v) is 3.50. The average Bonchev–Trinajstić information content (AvgIpc) is 2.15. The van der Waals surface area contributed by atoms with Gasteiger partial charge >= 0.3 is 0 Å². The van der Waals surface area contributed by atoms with Gasteiger partial charge in [-0.2, -0.15) is 0 Å². The van der Waals surface area contributed by atoms with Crippen LogP contribution in [0.2, 0.25) is 0 Å². The van der Waals surface area contributed by atoms with Crippen molar-refractivity contribution in [2.45, 2.75) is 23.1 Å². The van der Waals surface area contributed by atoms with Crippen LogP contribution in [-0.4, -0.2) is 5.78 Å². The zero-order valence-electron chi connectivity index (χ0n) is 7.88. The first-order valence-electron chi connectivity index (χ1n) is 4.19. The summed E-state index contributed by atoms with van der Waals surface area (Å²) in [5.74, 6) is -0.0764. The SMILES string of the molecule is CC(=O)C(Br)c1ccc(C(F)F)c(S)c1. The molecular weight excluding hydrogens is 286 g/mol. The predicted molar refractivity (Wildman–Crippen MR) is 61.0 cm³/mol. The summed E-state index contributed by atoms with van der Waals surface area (Å²) >= 11 is 7.13. The lowest BCUT2D eigenvalue weighted by atomic mass is 10.1. The lowest BCUT2D eigenvalue weighted by Crippen LogP contribution is -2.01. The van der Waals surface area contributed by atoms with Gasteiger partial charge in [-0.1, -0.05) is 28.1 Å². The van der Waals surface area contributed by atoms with E-state index in [9.17, 15) is 13.6 Å². The van der Waals surface area contributed by atoms with Crippen molar-refractivity contribution in [3.8, 4) is 0 Å². The minimum atomic E-state index is -2.54. The fourth-order valence-corrected chi connectivity index (χ4v) is 1.74. The molecule has 0 aliphatic carbocycles. The number of hydrogen-bond acceptors (Lipinski definition) is 2. The number of carbonyl (C=O) groups is 1. The van der Waals surface area contributed by atoms with E-state index in [4.69, 9.17) is 0 Å². The summed E-state index contributed by atoms with van der Waals surface area (Å²) in [5, 5.41) is 0. The summed E-state index contributed by atoms with van der Waals surface area (Å²) in [6.45, 7) is 1.43. The second kappa shape index (κ2) is 5.07. The van der Waals surface area contributed by atoms with Crippen LogP contribution in [0.25, 0.3) is 0 Å². The molecule has 1 aromatic carbocycles. The van der Waals surface area contributed by atoms with Crippen molar-refractivity contribution in [1.29, 1.82) is 0 Å². The van der Waals surface area contributed by atoms with Crippen molar-refractivity contribution in [1.82, 2.24) is 0 Å². The molecule has 82 valence electrons. The van der Waals surface area contributed by atoms with E-state index in [-0.39, 0.29) is 16.2 Å². The Hall–Kier alpha value is -0.420. The predicted octanol–water partition coefficient (Wildman–Crippen LogP) is 3.94. The number of hydrogen-bond donors (Lipinski definition) is 1. The van der Waals surface area contributed by atoms with Crippen molar-refractivity contribution in [2.24, 2.45) is 0 Å². The van der Waals surface area contributed by atoms with E-state index in [1.54, 1.807) is 0 Å². The number of Topliss-reactive ketones (excluding diaryl/α,β-unsaturated/α-hetero) is 1. The summed E-state index contributed by atoms with van der Waals surface area (Å²) in [7, 11) is 0. The Kier molecular flexibility index (Phi) is 4.28. The topological polar surface area (TPSA) is 17.1 Å². The zero-order valence-corrected chi connectivity index (χ0v) is 10.4. The fourth-order valence-electron chi connectivity index (χ4n) is 1.14. The van der Waals surface area contributed by atoms with E-state index in [1.165, 1.54) is 25.1 Å². The molecule has 1 rings (SSSR count). The molecule has 0 radical (unpaired) electrons. The molecule has 1 unspecified atom stereocenters. The van der Waals surface area contributed by atoms with E-state index in [0.29, 0.717) is 5.56 Å². The molecule has 0 saturated heterocycles. The second-order valence-electron chi connectivity index (χ2n) is 3.09. The quantitative estimate of drug-likeness (QED) is 0.660. The van der Waals surface area contributed by atoms with Crippen LogP contribution in [-0.2, 0) is 4.79 Å². The molecule has 0 aliphatic heterocycles. The Morgan fingerprint density at radius 1 is 1.47 bits per heavy atom. The largest absolute Gasteiger partial charge is 0.298 e. The number of alkyl halides is 3. The van der Waals surface area contributed by atoms with Crippen molar-refractivity contribution in [3.05, 3.63) is 29.3 Å². The highest BCUT2D eigenvalue weighted by Gasteiger charge is 2.16. The molecule has 0 fully saturated rings. The van der Waals surface area contributed by atoms with Gasteiger partial charge in [0.1, 0.15) is 5.78 Å². The number of carbonyl (C=O) groups excluding carboxylic acids is 1. The van der Waals surface area contributed by atoms with Gasteiger partial charge in [-0.25, -0.2) is 8.78 Å². The third kappa shape index (κ3) is 3.01. The highest BCUT2D eigenvalue weighted by molar-refractivity contribution is 9.09. The fraction of sp³-hybridized carbons (Fsp3) is 0.300. The van der Waals surface area contributed by atoms with Gasteiger partial charge in [0.15, 0.2) is 0 Å². The first-order valence-corrected chi connectivity index (χ1v) is 5.55. The maximum atomic E-state index is 12.4. The molecule has 0 aromatic heterocycles. The van der Waals surface area contributed by atoms with E-state index < -0.39 is 11.3 Å². The Balaban J connectivity index is 3.06. The maximum absolute atomic E-state index is 12.4. The average molecular weight is 295 g/mol. The van der Waals surface area contributed by atoms with Gasteiger partial charge in [-0.05, 0) is 18.6 Å². The molecule has 0 saturated carbocycles. The number of benzene rings is 1. The molecule has 15 heavy (non-hydrogen) atoms. The molecule has 1 atom stereocenters. The number of ketones is 1. The van der Waals surface area contributed by atoms with Crippen LogP contribution in [0.3, 0.4) is 0 Å². The van der Waals surface area contributed by atoms with Crippen LogP contribution in [0.4, 0.5) is 8.78 Å². The molecule has 1 nitrogen and oxygen atoms in total. The summed E-state index contributed by atoms with van der Waals surface area (Å²) in [6, 6.07) is 4.27. The van der Waals surface area contributed by atoms with E-state index >= 15 is 0 Å². The highest BCUT2D eigenvalue weighted by Crippen LogP contribution is 2.31. The van der Waals surface area contributed by atoms with Gasteiger partial charge in [-0.15, -0.1) is 12.6 Å². The molecule has 1 aromatic rings. The van der Waals surface area contributed by atoms with Crippen molar-refractivity contribution in [2.75, 3.05) is 0 Å². The summed E-state index contributed by atoms with van der Waals surface area (Å²) in [4.78, 5) is 10.8. The first kappa shape index (κ1) is 12.6. The molecule has 0 heterocycles. The van der Waals surface area contributed by atoms with Gasteiger partial charge in [0.05, 0.1) is 4.83 Å². The molecule has 0 bridgehead atoms. The monoisotopic (exact) mass is 294 g/mol. The number of thiol groups is 1. The van der Waals surface area contributed by atoms with Gasteiger partial charge in [0, 0.05) is 10.5 Å². The lowest BCUT2D eigenvalue weighted by molar-refractivity contribution is -0.116. The van der Waals surface area contributed by atoms with E-state index in [1.807, 2.05) is 0 Å². The van der Waals surface area contributed by atoms with E-state index in [0.717, 1.165) is 0 Å². The van der Waals surface area contributed by atoms with Crippen LogP contribution < -0.4 is 0 Å². The Morgan fingerprint density at radius 2 is 2.07 bits per heavy atom. The van der Waals surface area contributed by atoms with Crippen LogP contribution in [0.15, 0.2) is 23.1 Å². The highest BCUT2D eigenvalue weighted by atomic mass is 79.9. The van der Waals surface area contributed by atoms with Crippen LogP contribution in [0.1, 0.15) is 29.3 Å². The van der Waals surface area contributed by atoms with Crippen molar-refractivity contribution >= 4 is 34.3 Å². The number of rotatable bonds is 3. The summed E-state index contributed by atoms with van der Waals surface area (Å²) < 4.78 is 24.8. The van der Waals surface area contributed by atoms with Crippen molar-refractivity contribution < 1.29 is 13.6 Å². The number of halogens is 3. The summed E-state index contributed by atoms with van der Waals surface area (Å²) in [5.41, 5.74) is 0.516. The van der Waals surface area contributed by atoms with E-state index in [2.05, 4.69) is 28.6 Å². The lowest BCUT2D eigenvalue weighted by Gasteiger charge is -2.09. The maximum Gasteiger partial charge on any atom is 0.264 e. The molecule has 0 amide bonds. The van der Waals surface area contributed by atoms with Gasteiger partial charge in [0.2, 0.25) is 0 Å². The third-order valence-electron chi connectivity index (χ3n) is 1.94. The van der Waals surface area contributed by atoms with Crippen LogP contribution in [0, 0.1) is 0 Å². The zero-order chi connectivity index (χ0) is 11.6. The van der Waals surface area contributed by atoms with Gasteiger partial charge < -0.3 is 0 Å². The first-order chi connectivity index (χ1) is 6.93. The smallest absolute Gasteiger partial charge is 0.264 e. The van der Waals surface area contributed by atoms with Gasteiger partial charge in [0.25, 0.3) is 6.43 Å². The molecular formula is C10H9BrF2OS. The molecule has 5 heteroatoms. The van der Waals surface area contributed by atoms with Crippen LogP contribution >= 0.6 is 28.6 Å². The standard InChI is InChI=1S/C10H9BrF2OS/c1-5(14)9(11)6-2-3-7(10(12)13)8(15)4-6/h2-4,9-10,15H,1H3. The van der Waals surface area contributed by atoms with Crippen molar-refractivity contribution in [3.63, 3.8) is 0 Å². The minimum absolute atomic E-state index is 0.0764. The van der Waals surface area contributed by atoms with Gasteiger partial charge in [-0.3, -0.25) is 4.79 Å². The Labute approximate surface area is 100 Å². The van der Waals surface area contributed by atoms with Crippen LogP contribution in [0.5, 0.6) is 0 Å². The Morgan fingerprint density at radius 3 is 2.47 bits per heavy atom. The Bertz CT molecular complexity index is 382. The summed E-state index contributed by atoms with van der Waals surface area (Å²) in [6.07, 6.45) is -2.54. The normalized spacial score (nSPS) is 12.9. The molecule has 0 aliphatic rings. The molecule has 0 spiro atoms. The molecule has 0 N–H and O–H groups in total. The second-order valence-corrected chi connectivity index (χ2v) is 4.49.